The van der Waals surface area contributed by atoms with Crippen molar-refractivity contribution < 1.29 is 9.90 Å². The van der Waals surface area contributed by atoms with E-state index in [0.717, 1.165) is 19.3 Å². The Balaban J connectivity index is 2.63. The molecule has 1 aliphatic rings. The molecule has 1 fully saturated rings. The van der Waals surface area contributed by atoms with Gasteiger partial charge >= 0.3 is 5.97 Å². The zero-order valence-corrected chi connectivity index (χ0v) is 13.0. The van der Waals surface area contributed by atoms with Gasteiger partial charge in [0, 0.05) is 16.5 Å². The van der Waals surface area contributed by atoms with Gasteiger partial charge in [-0.3, -0.25) is 10.1 Å². The average Bonchev–Trinajstić information content (AvgIpc) is 2.61. The summed E-state index contributed by atoms with van der Waals surface area (Å²) in [7, 11) is 0. The van der Waals surface area contributed by atoms with E-state index >= 15 is 0 Å². The van der Waals surface area contributed by atoms with Gasteiger partial charge in [-0.15, -0.1) is 0 Å². The number of carbonyl (C=O) groups is 1. The molecule has 3 atom stereocenters. The van der Waals surface area contributed by atoms with E-state index in [1.165, 1.54) is 0 Å². The molecule has 3 nitrogen and oxygen atoms in total. The zero-order valence-electron chi connectivity index (χ0n) is 12.2. The van der Waals surface area contributed by atoms with E-state index in [-0.39, 0.29) is 6.04 Å². The largest absolute Gasteiger partial charge is 0.480 e. The van der Waals surface area contributed by atoms with Crippen molar-refractivity contribution in [2.75, 3.05) is 0 Å². The number of carboxylic acids is 1. The summed E-state index contributed by atoms with van der Waals surface area (Å²) in [6.07, 6.45) is 2.51. The van der Waals surface area contributed by atoms with Gasteiger partial charge in [0.05, 0.1) is 0 Å². The predicted molar refractivity (Wildman–Crippen MR) is 78.2 cm³/mol. The third-order valence-electron chi connectivity index (χ3n) is 3.79. The lowest BCUT2D eigenvalue weighted by atomic mass is 9.97. The van der Waals surface area contributed by atoms with Crippen molar-refractivity contribution in [1.29, 1.82) is 0 Å². The van der Waals surface area contributed by atoms with Crippen molar-refractivity contribution in [2.45, 2.75) is 76.0 Å². The summed E-state index contributed by atoms with van der Waals surface area (Å²) in [6.45, 7) is 10.7. The van der Waals surface area contributed by atoms with Crippen LogP contribution in [-0.2, 0) is 4.79 Å². The smallest absolute Gasteiger partial charge is 0.323 e. The number of thioether (sulfide) groups is 1. The molecular weight excluding hydrogens is 246 g/mol. The Bertz CT molecular complexity index is 294. The highest BCUT2D eigenvalue weighted by Crippen LogP contribution is 2.40. The van der Waals surface area contributed by atoms with Crippen molar-refractivity contribution in [3.05, 3.63) is 0 Å². The molecule has 0 bridgehead atoms. The summed E-state index contributed by atoms with van der Waals surface area (Å²) in [5, 5.41) is 13.8. The van der Waals surface area contributed by atoms with Crippen LogP contribution in [0.1, 0.15) is 53.9 Å². The monoisotopic (exact) mass is 273 g/mol. The van der Waals surface area contributed by atoms with E-state index in [9.17, 15) is 9.90 Å². The Morgan fingerprint density at radius 2 is 1.94 bits per heavy atom. The Hall–Kier alpha value is -0.220. The first kappa shape index (κ1) is 15.8. The Kier molecular flexibility index (Phi) is 5.53. The van der Waals surface area contributed by atoms with E-state index < -0.39 is 11.5 Å². The Labute approximate surface area is 115 Å². The van der Waals surface area contributed by atoms with Gasteiger partial charge in [0.25, 0.3) is 0 Å². The van der Waals surface area contributed by atoms with Gasteiger partial charge in [-0.25, -0.2) is 0 Å². The molecule has 3 unspecified atom stereocenters. The molecule has 0 saturated heterocycles. The molecule has 0 heterocycles. The normalized spacial score (nSPS) is 30.1. The maximum Gasteiger partial charge on any atom is 0.323 e. The van der Waals surface area contributed by atoms with Crippen molar-refractivity contribution in [3.63, 3.8) is 0 Å². The van der Waals surface area contributed by atoms with Crippen LogP contribution in [0.4, 0.5) is 0 Å². The van der Waals surface area contributed by atoms with E-state index in [1.807, 2.05) is 25.6 Å². The maximum atomic E-state index is 11.6. The van der Waals surface area contributed by atoms with Gasteiger partial charge in [-0.05, 0) is 39.0 Å². The fourth-order valence-electron chi connectivity index (χ4n) is 2.52. The van der Waals surface area contributed by atoms with Crippen molar-refractivity contribution in [1.82, 2.24) is 5.32 Å². The van der Waals surface area contributed by atoms with Gasteiger partial charge in [-0.1, -0.05) is 20.8 Å². The third-order valence-corrected chi connectivity index (χ3v) is 5.55. The predicted octanol–water partition coefficient (Wildman–Crippen LogP) is 3.14. The highest BCUT2D eigenvalue weighted by atomic mass is 32.2. The second-order valence-corrected chi connectivity index (χ2v) is 7.82. The molecular formula is C14H27NO2S. The molecule has 1 aliphatic carbocycles. The first-order valence-electron chi connectivity index (χ1n) is 6.93. The molecule has 106 valence electrons. The van der Waals surface area contributed by atoms with E-state index in [1.54, 1.807) is 0 Å². The van der Waals surface area contributed by atoms with Crippen LogP contribution in [0.5, 0.6) is 0 Å². The summed E-state index contributed by atoms with van der Waals surface area (Å²) in [6, 6.07) is 0.215. The molecule has 1 rings (SSSR count). The first-order chi connectivity index (χ1) is 8.27. The quantitative estimate of drug-likeness (QED) is 0.780. The topological polar surface area (TPSA) is 49.3 Å². The number of hydrogen-bond acceptors (Lipinski definition) is 3. The third kappa shape index (κ3) is 3.89. The zero-order chi connectivity index (χ0) is 13.9. The summed E-state index contributed by atoms with van der Waals surface area (Å²) >= 11 is 1.96. The number of aliphatic carboxylic acids is 1. The minimum atomic E-state index is -0.692. The molecule has 1 saturated carbocycles. The van der Waals surface area contributed by atoms with Crippen LogP contribution in [0.3, 0.4) is 0 Å². The van der Waals surface area contributed by atoms with E-state index in [4.69, 9.17) is 0 Å². The second-order valence-electron chi connectivity index (χ2n) is 6.14. The van der Waals surface area contributed by atoms with Crippen molar-refractivity contribution >= 4 is 17.7 Å². The van der Waals surface area contributed by atoms with Crippen LogP contribution in [0.15, 0.2) is 0 Å². The summed E-state index contributed by atoms with van der Waals surface area (Å²) in [5.41, 5.74) is -0.692. The molecule has 0 spiro atoms. The van der Waals surface area contributed by atoms with Gasteiger partial charge in [-0.2, -0.15) is 11.8 Å². The van der Waals surface area contributed by atoms with E-state index in [2.05, 4.69) is 26.1 Å². The number of carboxylic acid groups (broad SMARTS) is 1. The van der Waals surface area contributed by atoms with Crippen LogP contribution in [0.25, 0.3) is 0 Å². The first-order valence-corrected chi connectivity index (χ1v) is 7.87. The number of nitrogens with one attached hydrogen (secondary N) is 1. The molecule has 0 radical (unpaired) electrons. The summed E-state index contributed by atoms with van der Waals surface area (Å²) < 4.78 is 0. The van der Waals surface area contributed by atoms with E-state index in [0.29, 0.717) is 16.4 Å². The molecule has 0 aliphatic heterocycles. The fraction of sp³-hybridized carbons (Fsp3) is 0.929. The minimum absolute atomic E-state index is 0.215. The molecule has 0 aromatic heterocycles. The molecule has 0 amide bonds. The number of rotatable bonds is 6. The standard InChI is InChI=1S/C14H27NO2S/c1-9(2)11(5)18-12-6-7-14(8-12,13(16)17)15-10(3)4/h9-12,15H,6-8H2,1-5H3,(H,16,17). The Morgan fingerprint density at radius 1 is 1.33 bits per heavy atom. The van der Waals surface area contributed by atoms with Crippen LogP contribution in [0, 0.1) is 5.92 Å². The highest BCUT2D eigenvalue weighted by molar-refractivity contribution is 8.00. The van der Waals surface area contributed by atoms with Gasteiger partial charge in [0.15, 0.2) is 0 Å². The van der Waals surface area contributed by atoms with Crippen LogP contribution < -0.4 is 5.32 Å². The van der Waals surface area contributed by atoms with Crippen molar-refractivity contribution in [2.24, 2.45) is 5.92 Å². The maximum absolute atomic E-state index is 11.6. The molecule has 4 heteroatoms. The molecule has 0 aromatic rings. The lowest BCUT2D eigenvalue weighted by molar-refractivity contribution is -0.145. The van der Waals surface area contributed by atoms with Crippen LogP contribution in [-0.4, -0.2) is 33.2 Å². The highest BCUT2D eigenvalue weighted by Gasteiger charge is 2.46. The van der Waals surface area contributed by atoms with Crippen LogP contribution in [0.2, 0.25) is 0 Å². The lowest BCUT2D eigenvalue weighted by Gasteiger charge is -2.29. The number of hydrogen-bond donors (Lipinski definition) is 2. The van der Waals surface area contributed by atoms with Gasteiger partial charge < -0.3 is 5.11 Å². The minimum Gasteiger partial charge on any atom is -0.480 e. The van der Waals surface area contributed by atoms with Crippen LogP contribution >= 0.6 is 11.8 Å². The molecule has 2 N–H and O–H groups in total. The molecule has 0 aromatic carbocycles. The molecule has 18 heavy (non-hydrogen) atoms. The Morgan fingerprint density at radius 3 is 2.39 bits per heavy atom. The fourth-order valence-corrected chi connectivity index (χ4v) is 4.07. The SMILES string of the molecule is CC(C)NC1(C(=O)O)CCC(SC(C)C(C)C)C1. The van der Waals surface area contributed by atoms with Crippen molar-refractivity contribution in [3.8, 4) is 0 Å². The lowest BCUT2D eigenvalue weighted by Crippen LogP contribution is -2.53. The second kappa shape index (κ2) is 6.29. The van der Waals surface area contributed by atoms with Gasteiger partial charge in [0.1, 0.15) is 5.54 Å². The summed E-state index contributed by atoms with van der Waals surface area (Å²) in [5.74, 6) is -0.0376. The average molecular weight is 273 g/mol. The summed E-state index contributed by atoms with van der Waals surface area (Å²) in [4.78, 5) is 11.6. The van der Waals surface area contributed by atoms with Gasteiger partial charge in [0.2, 0.25) is 0 Å².